The Kier molecular flexibility index (Phi) is 4.59. The Morgan fingerprint density at radius 1 is 1.32 bits per heavy atom. The zero-order chi connectivity index (χ0) is 19.1. The zero-order valence-corrected chi connectivity index (χ0v) is 16.0. The summed E-state index contributed by atoms with van der Waals surface area (Å²) in [4.78, 5) is 25.5. The lowest BCUT2D eigenvalue weighted by Gasteiger charge is -2.37. The lowest BCUT2D eigenvalue weighted by Crippen LogP contribution is -2.48. The smallest absolute Gasteiger partial charge is 0.417 e. The number of likely N-dealkylation sites (tertiary alicyclic amines) is 1. The average molecular weight is 332 g/mol. The Bertz CT molecular complexity index is 499. The van der Waals surface area contributed by atoms with Crippen LogP contribution in [0.2, 0.25) is 18.1 Å². The van der Waals surface area contributed by atoms with E-state index < -0.39 is 44.8 Å². The summed E-state index contributed by atoms with van der Waals surface area (Å²) in [5, 5.41) is -0.0236. The third-order valence-corrected chi connectivity index (χ3v) is 8.54. The molecule has 1 aliphatic rings. The van der Waals surface area contributed by atoms with E-state index in [1.165, 1.54) is 0 Å². The largest absolute Gasteiger partial charge is 0.443 e. The molecule has 0 N–H and O–H groups in total. The van der Waals surface area contributed by atoms with Crippen LogP contribution in [0.3, 0.4) is 0 Å². The van der Waals surface area contributed by atoms with Gasteiger partial charge in [-0.3, -0.25) is 4.79 Å². The van der Waals surface area contributed by atoms with Gasteiger partial charge in [0.05, 0.1) is 12.6 Å². The van der Waals surface area contributed by atoms with Crippen molar-refractivity contribution in [1.29, 1.82) is 0 Å². The van der Waals surface area contributed by atoms with Crippen LogP contribution in [0.15, 0.2) is 0 Å². The second-order valence-electron chi connectivity index (χ2n) is 8.19. The van der Waals surface area contributed by atoms with E-state index in [2.05, 4.69) is 33.9 Å². The highest BCUT2D eigenvalue weighted by atomic mass is 28.4. The highest BCUT2D eigenvalue weighted by molar-refractivity contribution is 6.74. The molecule has 0 bridgehead atoms. The van der Waals surface area contributed by atoms with Gasteiger partial charge in [-0.1, -0.05) is 20.8 Å². The average Bonchev–Trinajstić information content (AvgIpc) is 2.57. The van der Waals surface area contributed by atoms with Gasteiger partial charge >= 0.3 is 6.09 Å². The van der Waals surface area contributed by atoms with E-state index in [1.54, 1.807) is 20.8 Å². The minimum atomic E-state index is -2.09. The Balaban J connectivity index is 2.96. The Hall–Kier alpha value is -0.883. The molecular weight excluding hydrogens is 298 g/mol. The monoisotopic (exact) mass is 331 g/mol. The van der Waals surface area contributed by atoms with E-state index in [-0.39, 0.29) is 11.6 Å². The molecule has 1 heterocycles. The molecule has 3 atom stereocenters. The van der Waals surface area contributed by atoms with E-state index in [9.17, 15) is 9.59 Å². The number of hydrogen-bond acceptors (Lipinski definition) is 4. The van der Waals surface area contributed by atoms with Crippen LogP contribution in [-0.4, -0.2) is 43.5 Å². The molecule has 0 aromatic rings. The van der Waals surface area contributed by atoms with Crippen LogP contribution < -0.4 is 0 Å². The van der Waals surface area contributed by atoms with Crippen LogP contribution >= 0.6 is 0 Å². The van der Waals surface area contributed by atoms with Crippen molar-refractivity contribution in [2.45, 2.75) is 84.1 Å². The van der Waals surface area contributed by atoms with Gasteiger partial charge < -0.3 is 9.16 Å². The van der Waals surface area contributed by atoms with Crippen molar-refractivity contribution < 1.29 is 21.5 Å². The predicted molar refractivity (Wildman–Crippen MR) is 89.3 cm³/mol. The number of rotatable bonds is 3. The minimum absolute atomic E-state index is 0.0236. The summed E-state index contributed by atoms with van der Waals surface area (Å²) in [6.07, 6.45) is -3.12. The number of imide groups is 1. The Morgan fingerprint density at radius 3 is 2.32 bits per heavy atom. The van der Waals surface area contributed by atoms with Crippen LogP contribution in [0.25, 0.3) is 0 Å². The molecular formula is C16H31NO4Si. The Morgan fingerprint density at radius 2 is 1.86 bits per heavy atom. The quantitative estimate of drug-likeness (QED) is 0.735. The first-order valence-electron chi connectivity index (χ1n) is 8.78. The third-order valence-electron chi connectivity index (χ3n) is 4.04. The molecule has 0 spiro atoms. The van der Waals surface area contributed by atoms with Crippen molar-refractivity contribution in [3.05, 3.63) is 0 Å². The molecule has 1 saturated heterocycles. The highest BCUT2D eigenvalue weighted by Crippen LogP contribution is 2.37. The van der Waals surface area contributed by atoms with Gasteiger partial charge in [-0.2, -0.15) is 0 Å². The number of carbonyl (C=O) groups is 2. The number of carbonyl (C=O) groups excluding carboxylic acids is 2. The van der Waals surface area contributed by atoms with Crippen LogP contribution in [0.1, 0.15) is 57.1 Å². The molecule has 0 aliphatic carbocycles. The van der Waals surface area contributed by atoms with Gasteiger partial charge in [0, 0.05) is 9.14 Å². The molecule has 0 unspecified atom stereocenters. The lowest BCUT2D eigenvalue weighted by atomic mass is 10.2. The van der Waals surface area contributed by atoms with Crippen molar-refractivity contribution in [3.63, 3.8) is 0 Å². The summed E-state index contributed by atoms with van der Waals surface area (Å²) >= 11 is 0. The van der Waals surface area contributed by atoms with Gasteiger partial charge in [-0.05, 0) is 45.3 Å². The van der Waals surface area contributed by atoms with Gasteiger partial charge in [-0.25, -0.2) is 9.69 Å². The number of hydrogen-bond donors (Lipinski definition) is 0. The predicted octanol–water partition coefficient (Wildman–Crippen LogP) is 3.93. The standard InChI is InChI=1S/C16H31NO4Si/c1-15(2,3)21-14(19)17-12(9-10-13(17)18)11-20-22(7,8)16(4,5)6/h12H,9-11H2,1-8H3/t12-/m0/s1/i9D,10D/t9-,10+,12+/m1. The van der Waals surface area contributed by atoms with Crippen molar-refractivity contribution in [3.8, 4) is 0 Å². The molecule has 0 aromatic carbocycles. The van der Waals surface area contributed by atoms with E-state index >= 15 is 0 Å². The second kappa shape index (κ2) is 6.32. The zero-order valence-electron chi connectivity index (χ0n) is 17.0. The summed E-state index contributed by atoms with van der Waals surface area (Å²) in [5.41, 5.74) is -0.750. The molecule has 22 heavy (non-hydrogen) atoms. The van der Waals surface area contributed by atoms with Crippen molar-refractivity contribution >= 4 is 20.3 Å². The normalized spacial score (nSPS) is 28.5. The summed E-state index contributed by atoms with van der Waals surface area (Å²) in [6, 6.07) is -0.788. The molecule has 2 amide bonds. The first-order valence-corrected chi connectivity index (χ1v) is 10.5. The van der Waals surface area contributed by atoms with E-state index in [1.807, 2.05) is 0 Å². The second-order valence-corrected chi connectivity index (χ2v) is 13.0. The van der Waals surface area contributed by atoms with Crippen LogP contribution in [0.4, 0.5) is 4.79 Å². The summed E-state index contributed by atoms with van der Waals surface area (Å²) < 4.78 is 27.3. The summed E-state index contributed by atoms with van der Waals surface area (Å²) in [6.45, 7) is 15.6. The first-order chi connectivity index (χ1) is 10.6. The number of nitrogens with zero attached hydrogens (tertiary/aromatic N) is 1. The van der Waals surface area contributed by atoms with Gasteiger partial charge in [0.1, 0.15) is 5.60 Å². The fraction of sp³-hybridized carbons (Fsp3) is 0.875. The first kappa shape index (κ1) is 16.0. The third kappa shape index (κ3) is 4.81. The van der Waals surface area contributed by atoms with Crippen molar-refractivity contribution in [2.75, 3.05) is 6.61 Å². The van der Waals surface area contributed by atoms with Gasteiger partial charge in [-0.15, -0.1) is 0 Å². The molecule has 0 aromatic heterocycles. The Labute approximate surface area is 138 Å². The molecule has 0 radical (unpaired) electrons. The minimum Gasteiger partial charge on any atom is -0.443 e. The molecule has 5 nitrogen and oxygen atoms in total. The van der Waals surface area contributed by atoms with Crippen molar-refractivity contribution in [1.82, 2.24) is 4.90 Å². The fourth-order valence-corrected chi connectivity index (χ4v) is 2.72. The topological polar surface area (TPSA) is 55.8 Å². The van der Waals surface area contributed by atoms with E-state index in [0.29, 0.717) is 0 Å². The lowest BCUT2D eigenvalue weighted by molar-refractivity contribution is -0.128. The maximum absolute atomic E-state index is 12.4. The molecule has 6 heteroatoms. The van der Waals surface area contributed by atoms with Crippen LogP contribution in [-0.2, 0) is 14.0 Å². The maximum atomic E-state index is 12.4. The van der Waals surface area contributed by atoms with Crippen molar-refractivity contribution in [2.24, 2.45) is 0 Å². The summed E-state index contributed by atoms with van der Waals surface area (Å²) in [5.74, 6) is -0.687. The molecule has 0 saturated carbocycles. The molecule has 1 aliphatic heterocycles. The van der Waals surface area contributed by atoms with Crippen LogP contribution in [0.5, 0.6) is 0 Å². The fourth-order valence-electron chi connectivity index (χ4n) is 1.70. The van der Waals surface area contributed by atoms with Gasteiger partial charge in [0.25, 0.3) is 0 Å². The van der Waals surface area contributed by atoms with Crippen LogP contribution in [0, 0.1) is 0 Å². The number of amides is 2. The van der Waals surface area contributed by atoms with E-state index in [4.69, 9.17) is 11.9 Å². The van der Waals surface area contributed by atoms with Gasteiger partial charge in [0.15, 0.2) is 8.32 Å². The van der Waals surface area contributed by atoms with E-state index in [0.717, 1.165) is 4.90 Å². The molecule has 1 fully saturated rings. The molecule has 128 valence electrons. The SMILES string of the molecule is [2H][C@@H]1[C@H]([2H])C(=O)N(C(=O)OC(C)(C)C)[C@@H]1CO[Si](C)(C)C(C)(C)C. The summed E-state index contributed by atoms with van der Waals surface area (Å²) in [7, 11) is -2.09. The van der Waals surface area contributed by atoms with Gasteiger partial charge in [0.2, 0.25) is 5.91 Å². The number of ether oxygens (including phenoxy) is 1. The molecule has 1 rings (SSSR count). The highest BCUT2D eigenvalue weighted by Gasteiger charge is 2.42. The maximum Gasteiger partial charge on any atom is 0.417 e.